The Kier molecular flexibility index (Phi) is 5.58. The fraction of sp³-hybridized carbons (Fsp3) is 0.250. The molecule has 1 N–H and O–H groups in total. The summed E-state index contributed by atoms with van der Waals surface area (Å²) in [6.07, 6.45) is 0.651. The third-order valence-electron chi connectivity index (χ3n) is 1.78. The minimum atomic E-state index is -0.0227. The molecule has 0 heterocycles. The SMILES string of the molecule is CC(=O)NCCC#Cc1cc(Br)ccc1Br. The molecule has 1 rings (SSSR count). The molecular formula is C12H11Br2NO. The largest absolute Gasteiger partial charge is 0.355 e. The molecule has 0 aliphatic heterocycles. The maximum absolute atomic E-state index is 10.6. The number of amides is 1. The molecule has 0 saturated heterocycles. The van der Waals surface area contributed by atoms with Gasteiger partial charge in [0.15, 0.2) is 0 Å². The fourth-order valence-corrected chi connectivity index (χ4v) is 1.76. The monoisotopic (exact) mass is 343 g/mol. The Hall–Kier alpha value is -0.790. The molecule has 0 spiro atoms. The molecule has 0 aromatic heterocycles. The Labute approximate surface area is 112 Å². The smallest absolute Gasteiger partial charge is 0.216 e. The lowest BCUT2D eigenvalue weighted by Crippen LogP contribution is -2.20. The van der Waals surface area contributed by atoms with E-state index in [9.17, 15) is 4.79 Å². The number of nitrogens with one attached hydrogen (secondary N) is 1. The van der Waals surface area contributed by atoms with Gasteiger partial charge in [0.25, 0.3) is 0 Å². The van der Waals surface area contributed by atoms with E-state index in [1.54, 1.807) is 0 Å². The predicted molar refractivity (Wildman–Crippen MR) is 72.0 cm³/mol. The zero-order chi connectivity index (χ0) is 12.0. The van der Waals surface area contributed by atoms with Crippen molar-refractivity contribution in [3.8, 4) is 11.8 Å². The first-order chi connectivity index (χ1) is 7.59. The minimum absolute atomic E-state index is 0.0227. The van der Waals surface area contributed by atoms with Gasteiger partial charge >= 0.3 is 0 Å². The zero-order valence-electron chi connectivity index (χ0n) is 8.81. The normalized spacial score (nSPS) is 9.19. The number of carbonyl (C=O) groups excluding carboxylic acids is 1. The van der Waals surface area contributed by atoms with E-state index >= 15 is 0 Å². The van der Waals surface area contributed by atoms with E-state index in [4.69, 9.17) is 0 Å². The second-order valence-electron chi connectivity index (χ2n) is 3.16. The average molecular weight is 345 g/mol. The van der Waals surface area contributed by atoms with Crippen LogP contribution in [0, 0.1) is 11.8 Å². The van der Waals surface area contributed by atoms with Crippen molar-refractivity contribution in [1.29, 1.82) is 0 Å². The Balaban J connectivity index is 2.56. The Bertz CT molecular complexity index is 446. The number of benzene rings is 1. The van der Waals surface area contributed by atoms with E-state index in [1.165, 1.54) is 6.92 Å². The van der Waals surface area contributed by atoms with Crippen molar-refractivity contribution in [2.75, 3.05) is 6.54 Å². The van der Waals surface area contributed by atoms with E-state index in [1.807, 2.05) is 18.2 Å². The van der Waals surface area contributed by atoms with Crippen LogP contribution < -0.4 is 5.32 Å². The summed E-state index contributed by atoms with van der Waals surface area (Å²) in [4.78, 5) is 10.6. The molecule has 1 aromatic carbocycles. The van der Waals surface area contributed by atoms with Gasteiger partial charge in [0.05, 0.1) is 0 Å². The molecule has 84 valence electrons. The van der Waals surface area contributed by atoms with Gasteiger partial charge in [-0.05, 0) is 34.1 Å². The van der Waals surface area contributed by atoms with Crippen molar-refractivity contribution in [2.45, 2.75) is 13.3 Å². The second kappa shape index (κ2) is 6.72. The van der Waals surface area contributed by atoms with Crippen LogP contribution in [0.1, 0.15) is 18.9 Å². The number of hydrogen-bond acceptors (Lipinski definition) is 1. The highest BCUT2D eigenvalue weighted by Crippen LogP contribution is 2.20. The molecule has 0 unspecified atom stereocenters. The Morgan fingerprint density at radius 3 is 2.88 bits per heavy atom. The number of hydrogen-bond donors (Lipinski definition) is 1. The summed E-state index contributed by atoms with van der Waals surface area (Å²) < 4.78 is 1.98. The molecule has 0 radical (unpaired) electrons. The van der Waals surface area contributed by atoms with E-state index in [0.29, 0.717) is 13.0 Å². The number of halogens is 2. The van der Waals surface area contributed by atoms with Crippen molar-refractivity contribution in [2.24, 2.45) is 0 Å². The van der Waals surface area contributed by atoms with E-state index in [2.05, 4.69) is 49.0 Å². The van der Waals surface area contributed by atoms with Crippen molar-refractivity contribution in [3.05, 3.63) is 32.7 Å². The Morgan fingerprint density at radius 1 is 1.44 bits per heavy atom. The van der Waals surface area contributed by atoms with Crippen molar-refractivity contribution < 1.29 is 4.79 Å². The van der Waals surface area contributed by atoms with Crippen LogP contribution in [0.5, 0.6) is 0 Å². The number of rotatable bonds is 2. The first-order valence-corrected chi connectivity index (χ1v) is 6.36. The molecule has 0 aliphatic rings. The standard InChI is InChI=1S/C12H11Br2NO/c1-9(16)15-7-3-2-4-10-8-11(13)5-6-12(10)14/h5-6,8H,3,7H2,1H3,(H,15,16). The van der Waals surface area contributed by atoms with Gasteiger partial charge < -0.3 is 5.32 Å². The molecular weight excluding hydrogens is 334 g/mol. The van der Waals surface area contributed by atoms with Gasteiger partial charge in [-0.3, -0.25) is 4.79 Å². The lowest BCUT2D eigenvalue weighted by molar-refractivity contribution is -0.118. The van der Waals surface area contributed by atoms with E-state index < -0.39 is 0 Å². The van der Waals surface area contributed by atoms with E-state index in [0.717, 1.165) is 14.5 Å². The lowest BCUT2D eigenvalue weighted by atomic mass is 10.2. The van der Waals surface area contributed by atoms with Crippen LogP contribution in [0.25, 0.3) is 0 Å². The van der Waals surface area contributed by atoms with Crippen molar-refractivity contribution in [3.63, 3.8) is 0 Å². The minimum Gasteiger partial charge on any atom is -0.355 e. The van der Waals surface area contributed by atoms with E-state index in [-0.39, 0.29) is 5.91 Å². The van der Waals surface area contributed by atoms with Gasteiger partial charge in [0, 0.05) is 34.4 Å². The van der Waals surface area contributed by atoms with Crippen LogP contribution in [-0.4, -0.2) is 12.5 Å². The first kappa shape index (κ1) is 13.3. The van der Waals surface area contributed by atoms with Gasteiger partial charge in [0.1, 0.15) is 0 Å². The molecule has 16 heavy (non-hydrogen) atoms. The molecule has 0 aliphatic carbocycles. The summed E-state index contributed by atoms with van der Waals surface area (Å²) >= 11 is 6.82. The molecule has 4 heteroatoms. The molecule has 2 nitrogen and oxygen atoms in total. The lowest BCUT2D eigenvalue weighted by Gasteiger charge is -1.97. The third kappa shape index (κ3) is 4.82. The van der Waals surface area contributed by atoms with Crippen LogP contribution in [0.2, 0.25) is 0 Å². The van der Waals surface area contributed by atoms with Gasteiger partial charge in [-0.1, -0.05) is 27.8 Å². The molecule has 0 bridgehead atoms. The first-order valence-electron chi connectivity index (χ1n) is 4.78. The highest BCUT2D eigenvalue weighted by Gasteiger charge is 1.96. The topological polar surface area (TPSA) is 29.1 Å². The van der Waals surface area contributed by atoms with Gasteiger partial charge in [-0.2, -0.15) is 0 Å². The molecule has 0 atom stereocenters. The van der Waals surface area contributed by atoms with Crippen LogP contribution in [0.4, 0.5) is 0 Å². The summed E-state index contributed by atoms with van der Waals surface area (Å²) in [6.45, 7) is 2.09. The van der Waals surface area contributed by atoms with Crippen LogP contribution in [0.15, 0.2) is 27.1 Å². The van der Waals surface area contributed by atoms with Gasteiger partial charge in [0.2, 0.25) is 5.91 Å². The molecule has 0 fully saturated rings. The zero-order valence-corrected chi connectivity index (χ0v) is 12.0. The summed E-state index contributed by atoms with van der Waals surface area (Å²) in [5, 5.41) is 2.70. The highest BCUT2D eigenvalue weighted by atomic mass is 79.9. The van der Waals surface area contributed by atoms with Gasteiger partial charge in [-0.15, -0.1) is 0 Å². The van der Waals surface area contributed by atoms with Crippen LogP contribution in [0.3, 0.4) is 0 Å². The predicted octanol–water partition coefficient (Wildman–Crippen LogP) is 3.09. The quantitative estimate of drug-likeness (QED) is 0.648. The maximum Gasteiger partial charge on any atom is 0.216 e. The molecule has 1 aromatic rings. The Morgan fingerprint density at radius 2 is 2.19 bits per heavy atom. The summed E-state index contributed by atoms with van der Waals surface area (Å²) in [6, 6.07) is 5.85. The van der Waals surface area contributed by atoms with Crippen LogP contribution in [-0.2, 0) is 4.79 Å². The summed E-state index contributed by atoms with van der Waals surface area (Å²) in [5.41, 5.74) is 0.942. The van der Waals surface area contributed by atoms with Crippen molar-refractivity contribution >= 4 is 37.8 Å². The fourth-order valence-electron chi connectivity index (χ4n) is 1.05. The summed E-state index contributed by atoms with van der Waals surface area (Å²) in [5.74, 6) is 6.04. The third-order valence-corrected chi connectivity index (χ3v) is 2.96. The molecule has 0 saturated carbocycles. The second-order valence-corrected chi connectivity index (χ2v) is 4.93. The van der Waals surface area contributed by atoms with Crippen molar-refractivity contribution in [1.82, 2.24) is 5.32 Å². The average Bonchev–Trinajstić information content (AvgIpc) is 2.22. The van der Waals surface area contributed by atoms with Crippen LogP contribution >= 0.6 is 31.9 Å². The van der Waals surface area contributed by atoms with Gasteiger partial charge in [-0.25, -0.2) is 0 Å². The highest BCUT2D eigenvalue weighted by molar-refractivity contribution is 9.11. The maximum atomic E-state index is 10.6. The number of carbonyl (C=O) groups is 1. The summed E-state index contributed by atoms with van der Waals surface area (Å²) in [7, 11) is 0. The molecule has 1 amide bonds.